The first kappa shape index (κ1) is 18.0. The molecular weight excluding hydrogens is 232 g/mol. The zero-order valence-corrected chi connectivity index (χ0v) is 11.0. The average Bonchev–Trinajstić information content (AvgIpc) is 2.22. The number of ether oxygens (including phenoxy) is 2. The highest BCUT2D eigenvalue weighted by Gasteiger charge is 2.13. The van der Waals surface area contributed by atoms with Gasteiger partial charge in [0.1, 0.15) is 0 Å². The van der Waals surface area contributed by atoms with Crippen LogP contribution in [0, 0.1) is 0 Å². The minimum Gasteiger partial charge on any atom is -0.385 e. The van der Waals surface area contributed by atoms with E-state index in [0.29, 0.717) is 19.6 Å². The van der Waals surface area contributed by atoms with E-state index in [1.165, 1.54) is 0 Å². The molecule has 0 aromatic carbocycles. The van der Waals surface area contributed by atoms with Crippen LogP contribution in [0.4, 0.5) is 0 Å². The Bertz CT molecular complexity index is 177. The Morgan fingerprint density at radius 2 is 2.06 bits per heavy atom. The largest absolute Gasteiger partial charge is 0.385 e. The fourth-order valence-corrected chi connectivity index (χ4v) is 1.17. The lowest BCUT2D eigenvalue weighted by Gasteiger charge is -2.16. The van der Waals surface area contributed by atoms with Crippen molar-refractivity contribution in [3.05, 3.63) is 0 Å². The normalized spacial score (nSPS) is 13.8. The third-order valence-corrected chi connectivity index (χ3v) is 2.17. The van der Waals surface area contributed by atoms with E-state index in [-0.39, 0.29) is 30.5 Å². The second kappa shape index (κ2) is 11.1. The Labute approximate surface area is 103 Å². The van der Waals surface area contributed by atoms with Crippen molar-refractivity contribution in [1.29, 1.82) is 0 Å². The molecule has 1 amide bonds. The Hall–Kier alpha value is -0.360. The van der Waals surface area contributed by atoms with Gasteiger partial charge in [-0.25, -0.2) is 0 Å². The third kappa shape index (κ3) is 8.91. The molecule has 0 aliphatic carbocycles. The molecule has 0 rings (SSSR count). The van der Waals surface area contributed by atoms with Crippen molar-refractivity contribution >= 4 is 18.3 Å². The van der Waals surface area contributed by atoms with E-state index in [1.54, 1.807) is 14.2 Å². The molecule has 0 spiro atoms. The van der Waals surface area contributed by atoms with Crippen LogP contribution >= 0.6 is 12.4 Å². The van der Waals surface area contributed by atoms with Gasteiger partial charge >= 0.3 is 0 Å². The maximum atomic E-state index is 11.5. The Balaban J connectivity index is 0. The Morgan fingerprint density at radius 1 is 1.44 bits per heavy atom. The lowest BCUT2D eigenvalue weighted by Crippen LogP contribution is -2.37. The quantitative estimate of drug-likeness (QED) is 0.654. The monoisotopic (exact) mass is 254 g/mol. The number of carbonyl (C=O) groups excluding carboxylic acids is 1. The van der Waals surface area contributed by atoms with E-state index in [0.717, 1.165) is 6.42 Å². The van der Waals surface area contributed by atoms with Crippen LogP contribution in [0.25, 0.3) is 0 Å². The van der Waals surface area contributed by atoms with Crippen molar-refractivity contribution in [2.45, 2.75) is 31.9 Å². The lowest BCUT2D eigenvalue weighted by molar-refractivity contribution is -0.124. The molecule has 0 aromatic heterocycles. The van der Waals surface area contributed by atoms with Crippen molar-refractivity contribution in [3.8, 4) is 0 Å². The van der Waals surface area contributed by atoms with Gasteiger partial charge in [-0.2, -0.15) is 0 Å². The van der Waals surface area contributed by atoms with Gasteiger partial charge in [0, 0.05) is 33.4 Å². The van der Waals surface area contributed by atoms with Crippen LogP contribution in [0.1, 0.15) is 19.8 Å². The van der Waals surface area contributed by atoms with E-state index in [2.05, 4.69) is 5.32 Å². The second-order valence-corrected chi connectivity index (χ2v) is 3.55. The molecular formula is C10H23ClN2O3. The number of nitrogens with one attached hydrogen (secondary N) is 1. The summed E-state index contributed by atoms with van der Waals surface area (Å²) in [5.74, 6) is -0.0316. The highest BCUT2D eigenvalue weighted by molar-refractivity contribution is 5.85. The van der Waals surface area contributed by atoms with Gasteiger partial charge in [-0.1, -0.05) is 0 Å². The zero-order valence-electron chi connectivity index (χ0n) is 10.2. The molecule has 2 unspecified atom stereocenters. The molecule has 0 saturated carbocycles. The predicted molar refractivity (Wildman–Crippen MR) is 65.8 cm³/mol. The van der Waals surface area contributed by atoms with Gasteiger partial charge in [-0.05, 0) is 13.3 Å². The van der Waals surface area contributed by atoms with Crippen molar-refractivity contribution < 1.29 is 14.3 Å². The minimum atomic E-state index is -0.195. The summed E-state index contributed by atoms with van der Waals surface area (Å²) in [6.07, 6.45) is 0.923. The molecule has 0 aromatic rings. The SMILES string of the molecule is COCCC(C)NC(=O)CC(CN)OC.Cl. The van der Waals surface area contributed by atoms with Crippen molar-refractivity contribution in [3.63, 3.8) is 0 Å². The summed E-state index contributed by atoms with van der Waals surface area (Å²) in [7, 11) is 3.20. The fraction of sp³-hybridized carbons (Fsp3) is 0.900. The van der Waals surface area contributed by atoms with Gasteiger partial charge in [0.15, 0.2) is 0 Å². The van der Waals surface area contributed by atoms with E-state index < -0.39 is 0 Å². The summed E-state index contributed by atoms with van der Waals surface area (Å²) in [5, 5.41) is 2.86. The third-order valence-electron chi connectivity index (χ3n) is 2.17. The smallest absolute Gasteiger partial charge is 0.222 e. The second-order valence-electron chi connectivity index (χ2n) is 3.55. The minimum absolute atomic E-state index is 0. The topological polar surface area (TPSA) is 73.6 Å². The molecule has 6 heteroatoms. The Kier molecular flexibility index (Phi) is 12.5. The number of halogens is 1. The van der Waals surface area contributed by atoms with Crippen molar-refractivity contribution in [1.82, 2.24) is 5.32 Å². The van der Waals surface area contributed by atoms with E-state index in [1.807, 2.05) is 6.92 Å². The highest BCUT2D eigenvalue weighted by atomic mass is 35.5. The van der Waals surface area contributed by atoms with Crippen molar-refractivity contribution in [2.75, 3.05) is 27.4 Å². The van der Waals surface area contributed by atoms with Crippen LogP contribution in [0.2, 0.25) is 0 Å². The molecule has 3 N–H and O–H groups in total. The van der Waals surface area contributed by atoms with E-state index >= 15 is 0 Å². The molecule has 0 heterocycles. The van der Waals surface area contributed by atoms with Gasteiger partial charge in [0.2, 0.25) is 5.91 Å². The van der Waals surface area contributed by atoms with Crippen LogP contribution in [-0.2, 0) is 14.3 Å². The number of nitrogens with two attached hydrogens (primary N) is 1. The van der Waals surface area contributed by atoms with Crippen molar-refractivity contribution in [2.24, 2.45) is 5.73 Å². The van der Waals surface area contributed by atoms with Crippen LogP contribution in [-0.4, -0.2) is 45.4 Å². The van der Waals surface area contributed by atoms with Crippen LogP contribution in [0.5, 0.6) is 0 Å². The molecule has 0 aliphatic rings. The average molecular weight is 255 g/mol. The van der Waals surface area contributed by atoms with Gasteiger partial charge in [-0.15, -0.1) is 12.4 Å². The first-order valence-electron chi connectivity index (χ1n) is 5.15. The summed E-state index contributed by atoms with van der Waals surface area (Å²) >= 11 is 0. The summed E-state index contributed by atoms with van der Waals surface area (Å²) in [6.45, 7) is 2.95. The molecule has 0 radical (unpaired) electrons. The standard InChI is InChI=1S/C10H22N2O3.ClH/c1-8(4-5-14-2)12-10(13)6-9(7-11)15-3;/h8-9H,4-7,11H2,1-3H3,(H,12,13);1H. The summed E-state index contributed by atoms with van der Waals surface area (Å²) in [6, 6.07) is 0.118. The van der Waals surface area contributed by atoms with Crippen LogP contribution in [0.15, 0.2) is 0 Å². The summed E-state index contributed by atoms with van der Waals surface area (Å²) in [4.78, 5) is 11.5. The molecule has 0 saturated heterocycles. The van der Waals surface area contributed by atoms with Gasteiger partial charge in [0.25, 0.3) is 0 Å². The number of methoxy groups -OCH3 is 2. The maximum Gasteiger partial charge on any atom is 0.222 e. The molecule has 0 aliphatic heterocycles. The first-order valence-corrected chi connectivity index (χ1v) is 5.15. The summed E-state index contributed by atoms with van der Waals surface area (Å²) in [5.41, 5.74) is 5.42. The molecule has 2 atom stereocenters. The molecule has 0 bridgehead atoms. The molecule has 5 nitrogen and oxygen atoms in total. The molecule has 0 fully saturated rings. The predicted octanol–water partition coefficient (Wildman–Crippen LogP) is 0.313. The number of carbonyl (C=O) groups is 1. The fourth-order valence-electron chi connectivity index (χ4n) is 1.17. The summed E-state index contributed by atoms with van der Waals surface area (Å²) < 4.78 is 9.94. The highest BCUT2D eigenvalue weighted by Crippen LogP contribution is 1.97. The zero-order chi connectivity index (χ0) is 11.7. The molecule has 16 heavy (non-hydrogen) atoms. The number of hydrogen-bond acceptors (Lipinski definition) is 4. The number of rotatable bonds is 8. The van der Waals surface area contributed by atoms with Crippen LogP contribution < -0.4 is 11.1 Å². The number of amides is 1. The lowest BCUT2D eigenvalue weighted by atomic mass is 10.2. The van der Waals surface area contributed by atoms with E-state index in [4.69, 9.17) is 15.2 Å². The maximum absolute atomic E-state index is 11.5. The molecule has 98 valence electrons. The van der Waals surface area contributed by atoms with Gasteiger partial charge in [-0.3, -0.25) is 4.79 Å². The van der Waals surface area contributed by atoms with Gasteiger partial charge in [0.05, 0.1) is 12.5 Å². The number of hydrogen-bond donors (Lipinski definition) is 2. The van der Waals surface area contributed by atoms with Crippen LogP contribution in [0.3, 0.4) is 0 Å². The first-order chi connectivity index (χ1) is 7.13. The van der Waals surface area contributed by atoms with Gasteiger partial charge < -0.3 is 20.5 Å². The van der Waals surface area contributed by atoms with E-state index in [9.17, 15) is 4.79 Å². The Morgan fingerprint density at radius 3 is 2.50 bits per heavy atom.